The first-order valence-electron chi connectivity index (χ1n) is 7.63. The molecule has 1 saturated heterocycles. The molecule has 1 aliphatic rings. The predicted octanol–water partition coefficient (Wildman–Crippen LogP) is 3.27. The van der Waals surface area contributed by atoms with Crippen molar-refractivity contribution in [3.05, 3.63) is 23.3 Å². The van der Waals surface area contributed by atoms with Gasteiger partial charge in [0.15, 0.2) is 0 Å². The van der Waals surface area contributed by atoms with Gasteiger partial charge in [0.25, 0.3) is 0 Å². The molecule has 0 N–H and O–H groups in total. The number of hydrogen-bond acceptors (Lipinski definition) is 3. The fourth-order valence-electron chi connectivity index (χ4n) is 2.91. The summed E-state index contributed by atoms with van der Waals surface area (Å²) in [5, 5.41) is 0. The summed E-state index contributed by atoms with van der Waals surface area (Å²) in [4.78, 5) is 0.414. The molecule has 0 saturated carbocycles. The van der Waals surface area contributed by atoms with Crippen molar-refractivity contribution < 1.29 is 13.2 Å². The molecule has 1 fully saturated rings. The molecule has 1 aromatic carbocycles. The molecule has 2 rings (SSSR count). The summed E-state index contributed by atoms with van der Waals surface area (Å²) in [5.74, 6) is 0.764. The van der Waals surface area contributed by atoms with Crippen LogP contribution in [0, 0.1) is 13.8 Å². The molecule has 0 bridgehead atoms. The molecular weight excluding hydrogens is 286 g/mol. The Balaban J connectivity index is 2.42. The van der Waals surface area contributed by atoms with Crippen molar-refractivity contribution in [3.63, 3.8) is 0 Å². The molecule has 0 aliphatic carbocycles. The summed E-state index contributed by atoms with van der Waals surface area (Å²) in [6.45, 7) is 8.85. The lowest BCUT2D eigenvalue weighted by molar-refractivity contribution is 0.268. The number of nitrogens with zero attached hydrogens (tertiary/aromatic N) is 1. The van der Waals surface area contributed by atoms with E-state index in [1.165, 1.54) is 0 Å². The Labute approximate surface area is 128 Å². The third kappa shape index (κ3) is 3.24. The monoisotopic (exact) mass is 311 g/mol. The van der Waals surface area contributed by atoms with Gasteiger partial charge in [-0.15, -0.1) is 0 Å². The van der Waals surface area contributed by atoms with Gasteiger partial charge in [0.05, 0.1) is 11.5 Å². The van der Waals surface area contributed by atoms with Crippen LogP contribution in [-0.4, -0.2) is 31.9 Å². The van der Waals surface area contributed by atoms with Gasteiger partial charge in [-0.05, 0) is 63.8 Å². The van der Waals surface area contributed by atoms with Crippen molar-refractivity contribution in [2.45, 2.75) is 57.9 Å². The lowest BCUT2D eigenvalue weighted by Gasteiger charge is -2.32. The molecule has 0 amide bonds. The molecule has 1 aromatic rings. The van der Waals surface area contributed by atoms with Gasteiger partial charge in [-0.1, -0.05) is 6.42 Å². The van der Waals surface area contributed by atoms with Crippen molar-refractivity contribution in [1.82, 2.24) is 4.31 Å². The van der Waals surface area contributed by atoms with Gasteiger partial charge in [0, 0.05) is 12.6 Å². The number of benzene rings is 1. The standard InChI is InChI=1S/C16H25NO3S/c1-5-20-15-10-13(3)16(11-12(15)2)21(18,19)17-9-7-6-8-14(17)4/h10-11,14H,5-9H2,1-4H3/t14-/m0/s1. The number of hydrogen-bond donors (Lipinski definition) is 0. The van der Waals surface area contributed by atoms with E-state index in [9.17, 15) is 8.42 Å². The van der Waals surface area contributed by atoms with Crippen LogP contribution < -0.4 is 4.74 Å². The molecule has 0 spiro atoms. The average molecular weight is 311 g/mol. The third-order valence-corrected chi connectivity index (χ3v) is 6.26. The van der Waals surface area contributed by atoms with Gasteiger partial charge < -0.3 is 4.74 Å². The third-order valence-electron chi connectivity index (χ3n) is 4.10. The van der Waals surface area contributed by atoms with Crippen LogP contribution in [0.15, 0.2) is 17.0 Å². The van der Waals surface area contributed by atoms with E-state index in [1.807, 2.05) is 33.8 Å². The topological polar surface area (TPSA) is 46.6 Å². The van der Waals surface area contributed by atoms with E-state index in [4.69, 9.17) is 4.74 Å². The fourth-order valence-corrected chi connectivity index (χ4v) is 4.90. The second-order valence-electron chi connectivity index (χ2n) is 5.78. The van der Waals surface area contributed by atoms with Crippen molar-refractivity contribution in [1.29, 1.82) is 0 Å². The Morgan fingerprint density at radius 3 is 2.57 bits per heavy atom. The number of aryl methyl sites for hydroxylation is 2. The second-order valence-corrected chi connectivity index (χ2v) is 7.64. The number of piperidine rings is 1. The van der Waals surface area contributed by atoms with Crippen LogP contribution in [0.25, 0.3) is 0 Å². The summed E-state index contributed by atoms with van der Waals surface area (Å²) < 4.78 is 33.0. The minimum atomic E-state index is -3.42. The maximum Gasteiger partial charge on any atom is 0.243 e. The molecule has 1 atom stereocenters. The van der Waals surface area contributed by atoms with Gasteiger partial charge in [-0.3, -0.25) is 0 Å². The second kappa shape index (κ2) is 6.36. The van der Waals surface area contributed by atoms with Crippen molar-refractivity contribution in [2.75, 3.05) is 13.2 Å². The SMILES string of the molecule is CCOc1cc(C)c(S(=O)(=O)N2CCCC[C@@H]2C)cc1C. The molecule has 0 aromatic heterocycles. The molecule has 4 nitrogen and oxygen atoms in total. The summed E-state index contributed by atoms with van der Waals surface area (Å²) in [7, 11) is -3.42. The minimum Gasteiger partial charge on any atom is -0.494 e. The first-order chi connectivity index (χ1) is 9.87. The van der Waals surface area contributed by atoms with Crippen molar-refractivity contribution >= 4 is 10.0 Å². The van der Waals surface area contributed by atoms with Crippen LogP contribution >= 0.6 is 0 Å². The first kappa shape index (κ1) is 16.3. The van der Waals surface area contributed by atoms with Crippen LogP contribution in [0.2, 0.25) is 0 Å². The average Bonchev–Trinajstić information content (AvgIpc) is 2.43. The Kier molecular flexibility index (Phi) is 4.94. The summed E-state index contributed by atoms with van der Waals surface area (Å²) in [6.07, 6.45) is 2.99. The minimum absolute atomic E-state index is 0.0787. The normalized spacial score (nSPS) is 20.5. The van der Waals surface area contributed by atoms with E-state index in [-0.39, 0.29) is 6.04 Å². The molecule has 118 valence electrons. The van der Waals surface area contributed by atoms with Crippen molar-refractivity contribution in [2.24, 2.45) is 0 Å². The van der Waals surface area contributed by atoms with Crippen LogP contribution in [0.1, 0.15) is 44.2 Å². The van der Waals surface area contributed by atoms with Crippen LogP contribution in [0.5, 0.6) is 5.75 Å². The van der Waals surface area contributed by atoms with Crippen LogP contribution in [-0.2, 0) is 10.0 Å². The number of ether oxygens (including phenoxy) is 1. The van der Waals surface area contributed by atoms with Crippen LogP contribution in [0.4, 0.5) is 0 Å². The van der Waals surface area contributed by atoms with Gasteiger partial charge in [0.1, 0.15) is 5.75 Å². The molecule has 21 heavy (non-hydrogen) atoms. The summed E-state index contributed by atoms with van der Waals surface area (Å²) >= 11 is 0. The maximum absolute atomic E-state index is 12.9. The van der Waals surface area contributed by atoms with Crippen LogP contribution in [0.3, 0.4) is 0 Å². The quantitative estimate of drug-likeness (QED) is 0.857. The van der Waals surface area contributed by atoms with E-state index in [0.717, 1.165) is 36.1 Å². The van der Waals surface area contributed by atoms with Crippen molar-refractivity contribution in [3.8, 4) is 5.75 Å². The summed E-state index contributed by atoms with van der Waals surface area (Å²) in [5.41, 5.74) is 1.62. The Morgan fingerprint density at radius 2 is 1.95 bits per heavy atom. The molecule has 1 aliphatic heterocycles. The fraction of sp³-hybridized carbons (Fsp3) is 0.625. The molecule has 1 heterocycles. The van der Waals surface area contributed by atoms with Gasteiger partial charge in [-0.2, -0.15) is 4.31 Å². The molecule has 5 heteroatoms. The number of sulfonamides is 1. The summed E-state index contributed by atoms with van der Waals surface area (Å²) in [6, 6.07) is 3.66. The Hall–Kier alpha value is -1.07. The Morgan fingerprint density at radius 1 is 1.24 bits per heavy atom. The zero-order valence-corrected chi connectivity index (χ0v) is 14.2. The highest BCUT2D eigenvalue weighted by Crippen LogP contribution is 2.31. The maximum atomic E-state index is 12.9. The van der Waals surface area contributed by atoms with E-state index in [1.54, 1.807) is 10.4 Å². The van der Waals surface area contributed by atoms with E-state index in [2.05, 4.69) is 0 Å². The lowest BCUT2D eigenvalue weighted by atomic mass is 10.1. The van der Waals surface area contributed by atoms with E-state index < -0.39 is 10.0 Å². The number of rotatable bonds is 4. The lowest BCUT2D eigenvalue weighted by Crippen LogP contribution is -2.42. The Bertz CT molecular complexity index is 610. The largest absolute Gasteiger partial charge is 0.494 e. The smallest absolute Gasteiger partial charge is 0.243 e. The van der Waals surface area contributed by atoms with Gasteiger partial charge in [0.2, 0.25) is 10.0 Å². The zero-order valence-electron chi connectivity index (χ0n) is 13.3. The zero-order chi connectivity index (χ0) is 15.6. The van der Waals surface area contributed by atoms with Gasteiger partial charge >= 0.3 is 0 Å². The van der Waals surface area contributed by atoms with E-state index in [0.29, 0.717) is 18.0 Å². The predicted molar refractivity (Wildman–Crippen MR) is 84.3 cm³/mol. The van der Waals surface area contributed by atoms with E-state index >= 15 is 0 Å². The molecule has 0 radical (unpaired) electrons. The highest BCUT2D eigenvalue weighted by Gasteiger charge is 2.32. The highest BCUT2D eigenvalue weighted by molar-refractivity contribution is 7.89. The highest BCUT2D eigenvalue weighted by atomic mass is 32.2. The molecule has 0 unspecified atom stereocenters. The molecular formula is C16H25NO3S. The van der Waals surface area contributed by atoms with Gasteiger partial charge in [-0.25, -0.2) is 8.42 Å². The first-order valence-corrected chi connectivity index (χ1v) is 9.07.